The zero-order chi connectivity index (χ0) is 12.1. The van der Waals surface area contributed by atoms with Crippen LogP contribution in [-0.4, -0.2) is 10.1 Å². The Kier molecular flexibility index (Phi) is 4.12. The molecule has 0 aliphatic heterocycles. The first kappa shape index (κ1) is 12.1. The summed E-state index contributed by atoms with van der Waals surface area (Å²) in [7, 11) is 0. The molecule has 0 aliphatic rings. The van der Waals surface area contributed by atoms with E-state index in [-0.39, 0.29) is 12.4 Å². The number of aliphatic hydroxyl groups is 1. The minimum Gasteiger partial charge on any atom is -0.392 e. The molecule has 4 heteroatoms. The van der Waals surface area contributed by atoms with Crippen molar-refractivity contribution in [3.05, 3.63) is 59.7 Å². The topological polar surface area (TPSA) is 33.1 Å². The van der Waals surface area contributed by atoms with Crippen molar-refractivity contribution in [1.29, 1.82) is 0 Å². The van der Waals surface area contributed by atoms with E-state index in [0.717, 1.165) is 16.0 Å². The van der Waals surface area contributed by atoms with Gasteiger partial charge in [-0.05, 0) is 29.3 Å². The highest BCUT2D eigenvalue weighted by Gasteiger charge is 1.99. The summed E-state index contributed by atoms with van der Waals surface area (Å²) in [5.74, 6) is 0.377. The Bertz CT molecular complexity index is 487. The Morgan fingerprint density at radius 2 is 1.88 bits per heavy atom. The Morgan fingerprint density at radius 3 is 2.53 bits per heavy atom. The van der Waals surface area contributed by atoms with E-state index in [4.69, 9.17) is 5.11 Å². The van der Waals surface area contributed by atoms with Crippen LogP contribution < -0.4 is 0 Å². The lowest BCUT2D eigenvalue weighted by atomic mass is 10.2. The molecule has 0 radical (unpaired) electrons. The molecule has 1 heterocycles. The summed E-state index contributed by atoms with van der Waals surface area (Å²) < 4.78 is 12.9. The maximum atomic E-state index is 12.9. The third-order valence-electron chi connectivity index (χ3n) is 2.27. The number of aromatic nitrogens is 1. The molecule has 0 bridgehead atoms. The van der Waals surface area contributed by atoms with Crippen molar-refractivity contribution in [2.45, 2.75) is 17.3 Å². The first-order valence-electron chi connectivity index (χ1n) is 5.20. The van der Waals surface area contributed by atoms with E-state index in [2.05, 4.69) is 4.98 Å². The number of nitrogens with zero attached hydrogens (tertiary/aromatic N) is 1. The normalized spacial score (nSPS) is 10.5. The molecule has 1 aromatic heterocycles. The average molecular weight is 249 g/mol. The van der Waals surface area contributed by atoms with E-state index in [1.165, 1.54) is 12.3 Å². The molecular weight excluding hydrogens is 237 g/mol. The molecule has 2 nitrogen and oxygen atoms in total. The van der Waals surface area contributed by atoms with E-state index in [0.29, 0.717) is 5.75 Å². The maximum Gasteiger partial charge on any atom is 0.141 e. The van der Waals surface area contributed by atoms with Crippen LogP contribution in [-0.2, 0) is 12.4 Å². The minimum absolute atomic E-state index is 0.0543. The Hall–Kier alpha value is -1.39. The van der Waals surface area contributed by atoms with E-state index >= 15 is 0 Å². The van der Waals surface area contributed by atoms with Gasteiger partial charge in [0.05, 0.1) is 12.8 Å². The fourth-order valence-electron chi connectivity index (χ4n) is 1.39. The van der Waals surface area contributed by atoms with Crippen LogP contribution in [0.15, 0.2) is 47.6 Å². The van der Waals surface area contributed by atoms with Crippen LogP contribution in [0, 0.1) is 5.82 Å². The second kappa shape index (κ2) is 5.80. The predicted octanol–water partition coefficient (Wildman–Crippen LogP) is 3.01. The van der Waals surface area contributed by atoms with Crippen LogP contribution in [0.3, 0.4) is 0 Å². The van der Waals surface area contributed by atoms with Gasteiger partial charge in [-0.15, -0.1) is 11.8 Å². The van der Waals surface area contributed by atoms with Crippen molar-refractivity contribution in [2.75, 3.05) is 0 Å². The fraction of sp³-hybridized carbons (Fsp3) is 0.154. The van der Waals surface area contributed by atoms with Crippen LogP contribution in [0.5, 0.6) is 0 Å². The van der Waals surface area contributed by atoms with Gasteiger partial charge < -0.3 is 5.11 Å². The number of thioether (sulfide) groups is 1. The molecule has 0 saturated heterocycles. The number of halogens is 1. The molecule has 2 rings (SSSR count). The fourth-order valence-corrected chi connectivity index (χ4v) is 2.21. The summed E-state index contributed by atoms with van der Waals surface area (Å²) in [5, 5.41) is 8.91. The van der Waals surface area contributed by atoms with Crippen molar-refractivity contribution in [1.82, 2.24) is 4.98 Å². The smallest absolute Gasteiger partial charge is 0.141 e. The highest BCUT2D eigenvalue weighted by atomic mass is 32.2. The number of benzene rings is 1. The van der Waals surface area contributed by atoms with Crippen LogP contribution in [0.4, 0.5) is 4.39 Å². The summed E-state index contributed by atoms with van der Waals surface area (Å²) in [6.07, 6.45) is 2.86. The number of hydrogen-bond acceptors (Lipinski definition) is 3. The maximum absolute atomic E-state index is 12.9. The lowest BCUT2D eigenvalue weighted by Gasteiger charge is -2.03. The van der Waals surface area contributed by atoms with E-state index in [9.17, 15) is 4.39 Å². The standard InChI is InChI=1S/C13H12FNOS/c14-12-5-11(6-15-7-12)9-17-13-3-1-10(8-16)2-4-13/h1-7,16H,8-9H2. The van der Waals surface area contributed by atoms with Crippen molar-refractivity contribution >= 4 is 11.8 Å². The van der Waals surface area contributed by atoms with Crippen LogP contribution in [0.2, 0.25) is 0 Å². The van der Waals surface area contributed by atoms with E-state index < -0.39 is 0 Å². The second-order valence-electron chi connectivity index (χ2n) is 3.60. The first-order valence-corrected chi connectivity index (χ1v) is 6.18. The van der Waals surface area contributed by atoms with Gasteiger partial charge in [-0.3, -0.25) is 4.98 Å². The zero-order valence-electron chi connectivity index (χ0n) is 9.14. The van der Waals surface area contributed by atoms with Gasteiger partial charge in [0.25, 0.3) is 0 Å². The molecule has 0 saturated carbocycles. The number of hydrogen-bond donors (Lipinski definition) is 1. The van der Waals surface area contributed by atoms with Gasteiger partial charge in [0, 0.05) is 16.8 Å². The molecule has 0 atom stereocenters. The molecule has 1 aromatic carbocycles. The molecule has 0 fully saturated rings. The molecule has 1 N–H and O–H groups in total. The molecule has 0 aliphatic carbocycles. The minimum atomic E-state index is -0.307. The third kappa shape index (κ3) is 3.54. The lowest BCUT2D eigenvalue weighted by molar-refractivity contribution is 0.282. The van der Waals surface area contributed by atoms with Gasteiger partial charge in [-0.1, -0.05) is 12.1 Å². The highest BCUT2D eigenvalue weighted by molar-refractivity contribution is 7.98. The Morgan fingerprint density at radius 1 is 1.12 bits per heavy atom. The summed E-state index contributed by atoms with van der Waals surface area (Å²) in [6, 6.07) is 9.15. The van der Waals surface area contributed by atoms with Crippen LogP contribution in [0.25, 0.3) is 0 Å². The molecule has 88 valence electrons. The molecule has 0 unspecified atom stereocenters. The van der Waals surface area contributed by atoms with Crippen LogP contribution >= 0.6 is 11.8 Å². The summed E-state index contributed by atoms with van der Waals surface area (Å²) in [5.41, 5.74) is 1.75. The van der Waals surface area contributed by atoms with Gasteiger partial charge in [0.15, 0.2) is 0 Å². The van der Waals surface area contributed by atoms with E-state index in [1.807, 2.05) is 24.3 Å². The Balaban J connectivity index is 1.97. The molecule has 0 spiro atoms. The van der Waals surface area contributed by atoms with Gasteiger partial charge in [-0.2, -0.15) is 0 Å². The first-order chi connectivity index (χ1) is 8.28. The molecule has 0 amide bonds. The molecule has 2 aromatic rings. The largest absolute Gasteiger partial charge is 0.392 e. The van der Waals surface area contributed by atoms with Crippen molar-refractivity contribution in [2.24, 2.45) is 0 Å². The number of rotatable bonds is 4. The zero-order valence-corrected chi connectivity index (χ0v) is 9.95. The number of aliphatic hydroxyl groups excluding tert-OH is 1. The third-order valence-corrected chi connectivity index (χ3v) is 3.36. The van der Waals surface area contributed by atoms with Crippen molar-refractivity contribution < 1.29 is 9.50 Å². The van der Waals surface area contributed by atoms with Gasteiger partial charge in [0.1, 0.15) is 5.82 Å². The van der Waals surface area contributed by atoms with Gasteiger partial charge in [0.2, 0.25) is 0 Å². The summed E-state index contributed by atoms with van der Waals surface area (Å²) in [6.45, 7) is 0.0543. The summed E-state index contributed by atoms with van der Waals surface area (Å²) >= 11 is 1.61. The van der Waals surface area contributed by atoms with Crippen LogP contribution in [0.1, 0.15) is 11.1 Å². The highest BCUT2D eigenvalue weighted by Crippen LogP contribution is 2.22. The SMILES string of the molecule is OCc1ccc(SCc2cncc(F)c2)cc1. The van der Waals surface area contributed by atoms with Crippen molar-refractivity contribution in [3.63, 3.8) is 0 Å². The molecular formula is C13H12FNOS. The van der Waals surface area contributed by atoms with E-state index in [1.54, 1.807) is 18.0 Å². The second-order valence-corrected chi connectivity index (χ2v) is 4.65. The average Bonchev–Trinajstić information content (AvgIpc) is 2.37. The van der Waals surface area contributed by atoms with Gasteiger partial charge >= 0.3 is 0 Å². The predicted molar refractivity (Wildman–Crippen MR) is 66.1 cm³/mol. The lowest BCUT2D eigenvalue weighted by Crippen LogP contribution is -1.86. The van der Waals surface area contributed by atoms with Crippen molar-refractivity contribution in [3.8, 4) is 0 Å². The number of pyridine rings is 1. The van der Waals surface area contributed by atoms with Gasteiger partial charge in [-0.25, -0.2) is 4.39 Å². The summed E-state index contributed by atoms with van der Waals surface area (Å²) in [4.78, 5) is 4.89. The monoisotopic (exact) mass is 249 g/mol. The Labute approximate surface area is 104 Å². The quantitative estimate of drug-likeness (QED) is 0.846. The molecule has 17 heavy (non-hydrogen) atoms.